The molecule has 0 bridgehead atoms. The van der Waals surface area contributed by atoms with Gasteiger partial charge in [-0.3, -0.25) is 0 Å². The van der Waals surface area contributed by atoms with E-state index in [4.69, 9.17) is 4.74 Å². The average molecular weight is 220 g/mol. The first kappa shape index (κ1) is 11.9. The molecule has 2 rings (SSSR count). The molecule has 0 amide bonds. The maximum atomic E-state index is 6.09. The molecule has 1 heterocycles. The van der Waals surface area contributed by atoms with Gasteiger partial charge in [0.15, 0.2) is 0 Å². The predicted octanol–water partition coefficient (Wildman–Crippen LogP) is 4.39. The number of hydrogen-bond donors (Lipinski definition) is 0. The molecular formula is C15H24O. The van der Waals surface area contributed by atoms with E-state index in [0.717, 1.165) is 12.8 Å². The van der Waals surface area contributed by atoms with E-state index in [-0.39, 0.29) is 11.2 Å². The molecule has 1 saturated heterocycles. The fraction of sp³-hybridized carbons (Fsp3) is 0.733. The Morgan fingerprint density at radius 3 is 2.88 bits per heavy atom. The third kappa shape index (κ3) is 2.10. The Morgan fingerprint density at radius 1 is 1.56 bits per heavy atom. The Balaban J connectivity index is 1.86. The molecule has 0 radical (unpaired) electrons. The summed E-state index contributed by atoms with van der Waals surface area (Å²) >= 11 is 0. The molecule has 1 heteroatoms. The zero-order chi connectivity index (χ0) is 11.8. The summed E-state index contributed by atoms with van der Waals surface area (Å²) in [5.74, 6) is 0. The van der Waals surface area contributed by atoms with Crippen LogP contribution in [0.25, 0.3) is 0 Å². The van der Waals surface area contributed by atoms with Gasteiger partial charge in [0.25, 0.3) is 0 Å². The topological polar surface area (TPSA) is 12.5 Å². The molecule has 0 saturated carbocycles. The van der Waals surface area contributed by atoms with E-state index < -0.39 is 0 Å². The summed E-state index contributed by atoms with van der Waals surface area (Å²) in [6.45, 7) is 10.6. The Bertz CT molecular complexity index is 328. The largest absolute Gasteiger partial charge is 0.362 e. The molecule has 1 nitrogen and oxygen atoms in total. The van der Waals surface area contributed by atoms with E-state index in [1.165, 1.54) is 36.8 Å². The first-order chi connectivity index (χ1) is 7.47. The maximum Gasteiger partial charge on any atom is 0.101 e. The molecule has 1 aliphatic heterocycles. The van der Waals surface area contributed by atoms with Crippen LogP contribution >= 0.6 is 0 Å². The lowest BCUT2D eigenvalue weighted by Crippen LogP contribution is -2.25. The van der Waals surface area contributed by atoms with Crippen molar-refractivity contribution in [1.82, 2.24) is 0 Å². The van der Waals surface area contributed by atoms with Crippen LogP contribution in [0.1, 0.15) is 59.3 Å². The fourth-order valence-corrected chi connectivity index (χ4v) is 2.93. The van der Waals surface area contributed by atoms with Crippen molar-refractivity contribution in [2.75, 3.05) is 0 Å². The molecular weight excluding hydrogens is 196 g/mol. The standard InChI is InChI=1S/C15H24O/c1-12(2)6-5-9-14(4)15(16-14)10-7-13(3)8-11-15/h7H,1,5-6,8-11H2,2-4H3. The van der Waals surface area contributed by atoms with Crippen molar-refractivity contribution in [3.8, 4) is 0 Å². The summed E-state index contributed by atoms with van der Waals surface area (Å²) in [6, 6.07) is 0. The van der Waals surface area contributed by atoms with Gasteiger partial charge in [-0.15, -0.1) is 6.58 Å². The minimum absolute atomic E-state index is 0.152. The lowest BCUT2D eigenvalue weighted by molar-refractivity contribution is 0.250. The maximum absolute atomic E-state index is 6.09. The molecule has 1 fully saturated rings. The first-order valence-electron chi connectivity index (χ1n) is 6.48. The quantitative estimate of drug-likeness (QED) is 0.505. The van der Waals surface area contributed by atoms with Crippen LogP contribution in [0.4, 0.5) is 0 Å². The second-order valence-corrected chi connectivity index (χ2v) is 5.89. The molecule has 2 aliphatic rings. The lowest BCUT2D eigenvalue weighted by Gasteiger charge is -2.20. The van der Waals surface area contributed by atoms with Gasteiger partial charge in [0.2, 0.25) is 0 Å². The van der Waals surface area contributed by atoms with E-state index in [1.54, 1.807) is 0 Å². The van der Waals surface area contributed by atoms with Crippen LogP contribution in [0.5, 0.6) is 0 Å². The van der Waals surface area contributed by atoms with Crippen molar-refractivity contribution in [2.45, 2.75) is 70.5 Å². The van der Waals surface area contributed by atoms with Crippen LogP contribution in [-0.4, -0.2) is 11.2 Å². The molecule has 2 unspecified atom stereocenters. The Labute approximate surface area is 99.6 Å². The molecule has 1 spiro atoms. The van der Waals surface area contributed by atoms with Crippen LogP contribution < -0.4 is 0 Å². The predicted molar refractivity (Wildman–Crippen MR) is 68.5 cm³/mol. The molecule has 0 N–H and O–H groups in total. The van der Waals surface area contributed by atoms with Crippen LogP contribution in [-0.2, 0) is 4.74 Å². The summed E-state index contributed by atoms with van der Waals surface area (Å²) in [7, 11) is 0. The third-order valence-electron chi connectivity index (χ3n) is 4.30. The second kappa shape index (κ2) is 4.03. The zero-order valence-corrected chi connectivity index (χ0v) is 10.9. The summed E-state index contributed by atoms with van der Waals surface area (Å²) < 4.78 is 6.09. The van der Waals surface area contributed by atoms with Gasteiger partial charge >= 0.3 is 0 Å². The zero-order valence-electron chi connectivity index (χ0n) is 10.9. The van der Waals surface area contributed by atoms with Crippen molar-refractivity contribution >= 4 is 0 Å². The van der Waals surface area contributed by atoms with E-state index >= 15 is 0 Å². The van der Waals surface area contributed by atoms with E-state index in [0.29, 0.717) is 0 Å². The van der Waals surface area contributed by atoms with E-state index in [1.807, 2.05) is 0 Å². The van der Waals surface area contributed by atoms with Gasteiger partial charge in [-0.2, -0.15) is 0 Å². The highest BCUT2D eigenvalue weighted by molar-refractivity contribution is 5.22. The second-order valence-electron chi connectivity index (χ2n) is 5.89. The fourth-order valence-electron chi connectivity index (χ4n) is 2.93. The van der Waals surface area contributed by atoms with Crippen molar-refractivity contribution in [3.63, 3.8) is 0 Å². The Morgan fingerprint density at radius 2 is 2.31 bits per heavy atom. The van der Waals surface area contributed by atoms with Gasteiger partial charge < -0.3 is 4.74 Å². The highest BCUT2D eigenvalue weighted by atomic mass is 16.6. The van der Waals surface area contributed by atoms with Crippen LogP contribution in [0.3, 0.4) is 0 Å². The average Bonchev–Trinajstić information content (AvgIpc) is 2.76. The molecule has 90 valence electrons. The SMILES string of the molecule is C=C(C)CCCC1(C)OC12CC=C(C)CC2. The summed E-state index contributed by atoms with van der Waals surface area (Å²) in [6.07, 6.45) is 9.48. The first-order valence-corrected chi connectivity index (χ1v) is 6.48. The molecule has 0 aromatic rings. The lowest BCUT2D eigenvalue weighted by atomic mass is 9.79. The smallest absolute Gasteiger partial charge is 0.101 e. The molecule has 0 aromatic heterocycles. The minimum atomic E-state index is 0.152. The van der Waals surface area contributed by atoms with Crippen molar-refractivity contribution < 1.29 is 4.74 Å². The van der Waals surface area contributed by atoms with E-state index in [2.05, 4.69) is 33.4 Å². The van der Waals surface area contributed by atoms with Gasteiger partial charge in [0.1, 0.15) is 5.60 Å². The van der Waals surface area contributed by atoms with Crippen LogP contribution in [0.2, 0.25) is 0 Å². The molecule has 2 atom stereocenters. The monoisotopic (exact) mass is 220 g/mol. The number of epoxide rings is 1. The third-order valence-corrected chi connectivity index (χ3v) is 4.30. The number of hydrogen-bond acceptors (Lipinski definition) is 1. The van der Waals surface area contributed by atoms with Crippen molar-refractivity contribution in [3.05, 3.63) is 23.8 Å². The number of rotatable bonds is 4. The van der Waals surface area contributed by atoms with Gasteiger partial charge in [0.05, 0.1) is 5.60 Å². The summed E-state index contributed by atoms with van der Waals surface area (Å²) in [5.41, 5.74) is 3.17. The summed E-state index contributed by atoms with van der Waals surface area (Å²) in [5, 5.41) is 0. The Hall–Kier alpha value is -0.560. The number of allylic oxidation sites excluding steroid dienone is 2. The van der Waals surface area contributed by atoms with Gasteiger partial charge in [-0.05, 0) is 59.3 Å². The number of ether oxygens (including phenoxy) is 1. The molecule has 1 aliphatic carbocycles. The van der Waals surface area contributed by atoms with Crippen LogP contribution in [0, 0.1) is 0 Å². The van der Waals surface area contributed by atoms with Gasteiger partial charge in [0, 0.05) is 0 Å². The van der Waals surface area contributed by atoms with Gasteiger partial charge in [-0.25, -0.2) is 0 Å². The van der Waals surface area contributed by atoms with Crippen LogP contribution in [0.15, 0.2) is 23.8 Å². The highest BCUT2D eigenvalue weighted by Gasteiger charge is 2.65. The van der Waals surface area contributed by atoms with Crippen molar-refractivity contribution in [2.24, 2.45) is 0 Å². The molecule has 16 heavy (non-hydrogen) atoms. The minimum Gasteiger partial charge on any atom is -0.362 e. The summed E-state index contributed by atoms with van der Waals surface area (Å²) in [4.78, 5) is 0. The molecule has 0 aromatic carbocycles. The Kier molecular flexibility index (Phi) is 3.00. The normalized spacial score (nSPS) is 37.3. The van der Waals surface area contributed by atoms with E-state index in [9.17, 15) is 0 Å². The van der Waals surface area contributed by atoms with Gasteiger partial charge in [-0.1, -0.05) is 17.2 Å². The van der Waals surface area contributed by atoms with Crippen molar-refractivity contribution in [1.29, 1.82) is 0 Å². The highest BCUT2D eigenvalue weighted by Crippen LogP contribution is 2.58.